The zero-order valence-corrected chi connectivity index (χ0v) is 12.0. The Bertz CT molecular complexity index is 385. The molecule has 1 aliphatic heterocycles. The van der Waals surface area contributed by atoms with Crippen molar-refractivity contribution in [3.05, 3.63) is 11.7 Å². The lowest BCUT2D eigenvalue weighted by atomic mass is 10.0. The molecule has 102 valence electrons. The predicted octanol–water partition coefficient (Wildman–Crippen LogP) is 1.66. The second-order valence-corrected chi connectivity index (χ2v) is 5.98. The first kappa shape index (κ1) is 13.8. The van der Waals surface area contributed by atoms with Crippen LogP contribution in [-0.4, -0.2) is 51.3 Å². The third-order valence-electron chi connectivity index (χ3n) is 3.54. The molecule has 0 radical (unpaired) electrons. The van der Waals surface area contributed by atoms with Gasteiger partial charge in [-0.05, 0) is 13.5 Å². The number of thioether (sulfide) groups is 1. The summed E-state index contributed by atoms with van der Waals surface area (Å²) in [7, 11) is 2.09. The van der Waals surface area contributed by atoms with Crippen LogP contribution in [0.3, 0.4) is 0 Å². The number of rotatable bonds is 4. The van der Waals surface area contributed by atoms with Gasteiger partial charge in [0.1, 0.15) is 0 Å². The smallest absolute Gasteiger partial charge is 0.232 e. The molecule has 1 aromatic rings. The molecule has 0 bridgehead atoms. The molecule has 3 unspecified atom stereocenters. The Hall–Kier alpha value is -0.590. The van der Waals surface area contributed by atoms with E-state index in [2.05, 4.69) is 22.1 Å². The number of aromatic nitrogens is 2. The Labute approximate surface area is 112 Å². The van der Waals surface area contributed by atoms with Gasteiger partial charge in [-0.25, -0.2) is 0 Å². The van der Waals surface area contributed by atoms with Gasteiger partial charge in [0.25, 0.3) is 0 Å². The van der Waals surface area contributed by atoms with Gasteiger partial charge in [0, 0.05) is 18.1 Å². The number of nitrogens with zero attached hydrogens (tertiary/aromatic N) is 3. The molecule has 3 atom stereocenters. The van der Waals surface area contributed by atoms with Crippen LogP contribution in [-0.2, 0) is 0 Å². The predicted molar refractivity (Wildman–Crippen MR) is 71.7 cm³/mol. The van der Waals surface area contributed by atoms with Crippen molar-refractivity contribution in [1.29, 1.82) is 0 Å². The Kier molecular flexibility index (Phi) is 4.64. The highest BCUT2D eigenvalue weighted by atomic mass is 32.2. The molecule has 1 aliphatic rings. The summed E-state index contributed by atoms with van der Waals surface area (Å²) in [6.45, 7) is 4.92. The van der Waals surface area contributed by atoms with E-state index < -0.39 is 6.10 Å². The molecular weight excluding hydrogens is 250 g/mol. The lowest BCUT2D eigenvalue weighted by molar-refractivity contribution is 0.129. The number of hydrogen-bond acceptors (Lipinski definition) is 6. The fourth-order valence-electron chi connectivity index (χ4n) is 2.04. The Balaban J connectivity index is 2.09. The van der Waals surface area contributed by atoms with Crippen LogP contribution in [0.1, 0.15) is 43.9 Å². The Morgan fingerprint density at radius 3 is 3.06 bits per heavy atom. The summed E-state index contributed by atoms with van der Waals surface area (Å²) in [4.78, 5) is 6.72. The van der Waals surface area contributed by atoms with Gasteiger partial charge < -0.3 is 9.63 Å². The molecule has 0 amide bonds. The first-order valence-corrected chi connectivity index (χ1v) is 7.58. The molecular formula is C12H21N3O2S. The minimum atomic E-state index is -0.420. The minimum Gasteiger partial charge on any atom is -0.392 e. The summed E-state index contributed by atoms with van der Waals surface area (Å²) < 4.78 is 5.29. The standard InChI is InChI=1S/C12H21N3O2S/c1-4-10(16)8(2)12-13-11(14-17-12)9-7-18-6-5-15(9)3/h8-10,16H,4-7H2,1-3H3. The van der Waals surface area contributed by atoms with Crippen molar-refractivity contribution in [1.82, 2.24) is 15.0 Å². The van der Waals surface area contributed by atoms with Crippen LogP contribution in [0.2, 0.25) is 0 Å². The van der Waals surface area contributed by atoms with E-state index in [1.54, 1.807) is 0 Å². The van der Waals surface area contributed by atoms with Crippen LogP contribution >= 0.6 is 11.8 Å². The van der Waals surface area contributed by atoms with E-state index in [1.165, 1.54) is 0 Å². The third kappa shape index (κ3) is 2.87. The SMILES string of the molecule is CCC(O)C(C)c1nc(C2CSCCN2C)no1. The minimum absolute atomic E-state index is 0.0993. The van der Waals surface area contributed by atoms with Crippen molar-refractivity contribution >= 4 is 11.8 Å². The monoisotopic (exact) mass is 271 g/mol. The number of aliphatic hydroxyl groups excluding tert-OH is 1. The average Bonchev–Trinajstić information content (AvgIpc) is 2.87. The normalized spacial score (nSPS) is 25.0. The van der Waals surface area contributed by atoms with Crippen molar-refractivity contribution in [2.45, 2.75) is 38.3 Å². The summed E-state index contributed by atoms with van der Waals surface area (Å²) in [5, 5.41) is 13.9. The van der Waals surface area contributed by atoms with Crippen molar-refractivity contribution in [2.24, 2.45) is 0 Å². The van der Waals surface area contributed by atoms with Crippen molar-refractivity contribution in [3.63, 3.8) is 0 Å². The molecule has 18 heavy (non-hydrogen) atoms. The van der Waals surface area contributed by atoms with E-state index in [1.807, 2.05) is 25.6 Å². The van der Waals surface area contributed by atoms with E-state index in [9.17, 15) is 5.11 Å². The van der Waals surface area contributed by atoms with Crippen LogP contribution in [0.4, 0.5) is 0 Å². The number of aliphatic hydroxyl groups is 1. The second kappa shape index (κ2) is 6.04. The van der Waals surface area contributed by atoms with Gasteiger partial charge in [-0.1, -0.05) is 19.0 Å². The van der Waals surface area contributed by atoms with Gasteiger partial charge >= 0.3 is 0 Å². The summed E-state index contributed by atoms with van der Waals surface area (Å²) >= 11 is 1.92. The van der Waals surface area contributed by atoms with Crippen molar-refractivity contribution < 1.29 is 9.63 Å². The van der Waals surface area contributed by atoms with E-state index >= 15 is 0 Å². The fraction of sp³-hybridized carbons (Fsp3) is 0.833. The zero-order valence-electron chi connectivity index (χ0n) is 11.2. The highest BCUT2D eigenvalue weighted by molar-refractivity contribution is 7.99. The van der Waals surface area contributed by atoms with E-state index in [-0.39, 0.29) is 12.0 Å². The highest BCUT2D eigenvalue weighted by Crippen LogP contribution is 2.28. The topological polar surface area (TPSA) is 62.4 Å². The van der Waals surface area contributed by atoms with Crippen LogP contribution in [0.5, 0.6) is 0 Å². The number of hydrogen-bond donors (Lipinski definition) is 1. The molecule has 2 heterocycles. The van der Waals surface area contributed by atoms with Gasteiger partial charge in [0.05, 0.1) is 18.1 Å². The molecule has 2 rings (SSSR count). The van der Waals surface area contributed by atoms with Gasteiger partial charge in [0.2, 0.25) is 5.89 Å². The maximum absolute atomic E-state index is 9.81. The van der Waals surface area contributed by atoms with Crippen LogP contribution in [0.15, 0.2) is 4.52 Å². The maximum Gasteiger partial charge on any atom is 0.232 e. The third-order valence-corrected chi connectivity index (χ3v) is 4.56. The van der Waals surface area contributed by atoms with Gasteiger partial charge in [-0.3, -0.25) is 4.90 Å². The Morgan fingerprint density at radius 2 is 2.39 bits per heavy atom. The molecule has 0 aliphatic carbocycles. The summed E-state index contributed by atoms with van der Waals surface area (Å²) in [6.07, 6.45) is 0.273. The molecule has 0 aromatic carbocycles. The second-order valence-electron chi connectivity index (χ2n) is 4.83. The molecule has 0 spiro atoms. The van der Waals surface area contributed by atoms with Gasteiger partial charge in [0.15, 0.2) is 5.82 Å². The van der Waals surface area contributed by atoms with Crippen molar-refractivity contribution in [3.8, 4) is 0 Å². The molecule has 5 nitrogen and oxygen atoms in total. The lowest BCUT2D eigenvalue weighted by Crippen LogP contribution is -2.33. The fourth-order valence-corrected chi connectivity index (χ4v) is 3.25. The van der Waals surface area contributed by atoms with E-state index in [4.69, 9.17) is 4.52 Å². The Morgan fingerprint density at radius 1 is 1.61 bits per heavy atom. The molecule has 1 saturated heterocycles. The average molecular weight is 271 g/mol. The zero-order chi connectivity index (χ0) is 13.1. The van der Waals surface area contributed by atoms with Crippen LogP contribution < -0.4 is 0 Å². The molecule has 0 saturated carbocycles. The summed E-state index contributed by atoms with van der Waals surface area (Å²) in [6, 6.07) is 0.229. The largest absolute Gasteiger partial charge is 0.392 e. The molecule has 6 heteroatoms. The molecule has 1 N–H and O–H groups in total. The van der Waals surface area contributed by atoms with Gasteiger partial charge in [-0.2, -0.15) is 16.7 Å². The molecule has 1 aromatic heterocycles. The maximum atomic E-state index is 9.81. The van der Waals surface area contributed by atoms with Gasteiger partial charge in [-0.15, -0.1) is 0 Å². The van der Waals surface area contributed by atoms with Crippen LogP contribution in [0.25, 0.3) is 0 Å². The van der Waals surface area contributed by atoms with Crippen molar-refractivity contribution in [2.75, 3.05) is 25.1 Å². The quantitative estimate of drug-likeness (QED) is 0.898. The van der Waals surface area contributed by atoms with E-state index in [0.29, 0.717) is 12.3 Å². The summed E-state index contributed by atoms with van der Waals surface area (Å²) in [5.74, 6) is 3.35. The van der Waals surface area contributed by atoms with Crippen LogP contribution in [0, 0.1) is 0 Å². The molecule has 1 fully saturated rings. The lowest BCUT2D eigenvalue weighted by Gasteiger charge is -2.29. The summed E-state index contributed by atoms with van der Waals surface area (Å²) in [5.41, 5.74) is 0. The first-order chi connectivity index (χ1) is 8.63. The first-order valence-electron chi connectivity index (χ1n) is 6.43. The highest BCUT2D eigenvalue weighted by Gasteiger charge is 2.28. The van der Waals surface area contributed by atoms with E-state index in [0.717, 1.165) is 23.9 Å².